The van der Waals surface area contributed by atoms with Crippen LogP contribution in [-0.2, 0) is 9.59 Å². The van der Waals surface area contributed by atoms with Gasteiger partial charge in [-0.25, -0.2) is 4.98 Å². The number of hydrogen-bond acceptors (Lipinski definition) is 6. The summed E-state index contributed by atoms with van der Waals surface area (Å²) in [5.74, 6) is -0.937. The van der Waals surface area contributed by atoms with E-state index in [1.54, 1.807) is 11.6 Å². The minimum absolute atomic E-state index is 0.156. The third-order valence-electron chi connectivity index (χ3n) is 1.86. The van der Waals surface area contributed by atoms with Crippen LogP contribution < -0.4 is 15.7 Å². The van der Waals surface area contributed by atoms with Gasteiger partial charge in [-0.15, -0.1) is 11.3 Å². The molecular weight excluding hydrogens is 232 g/mol. The van der Waals surface area contributed by atoms with Gasteiger partial charge in [-0.1, -0.05) is 0 Å². The molecule has 0 saturated carbocycles. The minimum Gasteiger partial charge on any atom is -0.846 e. The number of nitrogens with zero attached hydrogens (tertiary/aromatic N) is 2. The van der Waals surface area contributed by atoms with Crippen molar-refractivity contribution in [3.8, 4) is 0 Å². The second-order valence-corrected chi connectivity index (χ2v) is 3.92. The van der Waals surface area contributed by atoms with Crippen LogP contribution in [0.5, 0.6) is 0 Å². The SMILES string of the molecule is O=C(CC1N=C([O-])NC1=O)Nc1nccs1. The van der Waals surface area contributed by atoms with E-state index in [0.717, 1.165) is 0 Å². The predicted molar refractivity (Wildman–Crippen MR) is 54.7 cm³/mol. The number of amides is 2. The van der Waals surface area contributed by atoms with Crippen molar-refractivity contribution in [1.29, 1.82) is 0 Å². The zero-order chi connectivity index (χ0) is 11.5. The fourth-order valence-corrected chi connectivity index (χ4v) is 1.74. The van der Waals surface area contributed by atoms with Crippen LogP contribution in [0.15, 0.2) is 16.6 Å². The van der Waals surface area contributed by atoms with E-state index in [1.807, 2.05) is 5.32 Å². The summed E-state index contributed by atoms with van der Waals surface area (Å²) in [4.78, 5) is 29.8. The molecule has 1 unspecified atom stereocenters. The zero-order valence-corrected chi connectivity index (χ0v) is 8.78. The first-order chi connectivity index (χ1) is 7.65. The molecule has 2 rings (SSSR count). The van der Waals surface area contributed by atoms with E-state index in [9.17, 15) is 14.7 Å². The van der Waals surface area contributed by atoms with Crippen molar-refractivity contribution in [2.45, 2.75) is 12.5 Å². The summed E-state index contributed by atoms with van der Waals surface area (Å²) < 4.78 is 0. The highest BCUT2D eigenvalue weighted by molar-refractivity contribution is 7.13. The van der Waals surface area contributed by atoms with E-state index in [0.29, 0.717) is 5.13 Å². The van der Waals surface area contributed by atoms with Gasteiger partial charge in [0.15, 0.2) is 5.13 Å². The lowest BCUT2D eigenvalue weighted by atomic mass is 10.2. The highest BCUT2D eigenvalue weighted by atomic mass is 32.1. The molecular formula is C8H7N4O3S-. The van der Waals surface area contributed by atoms with Crippen molar-refractivity contribution >= 4 is 34.3 Å². The monoisotopic (exact) mass is 239 g/mol. The lowest BCUT2D eigenvalue weighted by Gasteiger charge is -2.04. The second-order valence-electron chi connectivity index (χ2n) is 3.03. The first kappa shape index (κ1) is 10.6. The Morgan fingerprint density at radius 3 is 3.06 bits per heavy atom. The zero-order valence-electron chi connectivity index (χ0n) is 7.97. The van der Waals surface area contributed by atoms with E-state index in [-0.39, 0.29) is 6.42 Å². The summed E-state index contributed by atoms with van der Waals surface area (Å²) in [5, 5.41) is 17.4. The van der Waals surface area contributed by atoms with Crippen molar-refractivity contribution < 1.29 is 14.7 Å². The fourth-order valence-electron chi connectivity index (χ4n) is 1.19. The molecule has 1 aliphatic heterocycles. The summed E-state index contributed by atoms with van der Waals surface area (Å²) in [6.07, 6.45) is 1.40. The summed E-state index contributed by atoms with van der Waals surface area (Å²) in [6.45, 7) is 0. The molecule has 1 atom stereocenters. The van der Waals surface area contributed by atoms with E-state index in [1.165, 1.54) is 11.3 Å². The molecule has 0 radical (unpaired) electrons. The van der Waals surface area contributed by atoms with Crippen molar-refractivity contribution in [2.75, 3.05) is 5.32 Å². The number of thiazole rings is 1. The summed E-state index contributed by atoms with van der Waals surface area (Å²) in [6, 6.07) is -1.62. The Morgan fingerprint density at radius 2 is 2.50 bits per heavy atom. The van der Waals surface area contributed by atoms with Gasteiger partial charge in [0.05, 0.1) is 12.4 Å². The first-order valence-electron chi connectivity index (χ1n) is 4.40. The molecule has 7 nitrogen and oxygen atoms in total. The molecule has 16 heavy (non-hydrogen) atoms. The Bertz CT molecular complexity index is 442. The van der Waals surface area contributed by atoms with Crippen LogP contribution in [-0.4, -0.2) is 28.9 Å². The number of amidine groups is 1. The van der Waals surface area contributed by atoms with Crippen LogP contribution in [0, 0.1) is 0 Å². The molecule has 0 saturated heterocycles. The third-order valence-corrected chi connectivity index (χ3v) is 2.55. The maximum Gasteiger partial charge on any atom is 0.249 e. The second kappa shape index (κ2) is 4.27. The number of carbonyl (C=O) groups excluding carboxylic acids is 2. The lowest BCUT2D eigenvalue weighted by molar-refractivity contribution is -0.220. The molecule has 8 heteroatoms. The first-order valence-corrected chi connectivity index (χ1v) is 5.28. The van der Waals surface area contributed by atoms with Crippen molar-refractivity contribution in [2.24, 2.45) is 4.99 Å². The summed E-state index contributed by atoms with van der Waals surface area (Å²) in [7, 11) is 0. The Morgan fingerprint density at radius 1 is 1.69 bits per heavy atom. The number of aliphatic imine (C=N–C) groups is 1. The number of rotatable bonds is 3. The number of hydrogen-bond donors (Lipinski definition) is 2. The molecule has 2 heterocycles. The maximum absolute atomic E-state index is 11.4. The van der Waals surface area contributed by atoms with Gasteiger partial charge in [0.25, 0.3) is 0 Å². The average Bonchev–Trinajstić information content (AvgIpc) is 2.78. The molecule has 0 fully saturated rings. The van der Waals surface area contributed by atoms with E-state index in [2.05, 4.69) is 15.3 Å². The van der Waals surface area contributed by atoms with Gasteiger partial charge in [-0.05, 0) is 0 Å². The molecule has 0 aromatic carbocycles. The molecule has 1 aromatic heterocycles. The Kier molecular flexibility index (Phi) is 2.82. The molecule has 0 spiro atoms. The maximum atomic E-state index is 11.4. The summed E-state index contributed by atoms with van der Waals surface area (Å²) >= 11 is 1.27. The Balaban J connectivity index is 1.90. The molecule has 84 valence electrons. The number of aromatic nitrogens is 1. The quantitative estimate of drug-likeness (QED) is 0.682. The van der Waals surface area contributed by atoms with E-state index in [4.69, 9.17) is 0 Å². The Hall–Kier alpha value is -1.96. The molecule has 0 bridgehead atoms. The number of anilines is 1. The van der Waals surface area contributed by atoms with E-state index < -0.39 is 23.9 Å². The highest BCUT2D eigenvalue weighted by Gasteiger charge is 2.25. The largest absolute Gasteiger partial charge is 0.846 e. The smallest absolute Gasteiger partial charge is 0.249 e. The van der Waals surface area contributed by atoms with Gasteiger partial charge in [-0.2, -0.15) is 0 Å². The van der Waals surface area contributed by atoms with Crippen molar-refractivity contribution in [1.82, 2.24) is 10.3 Å². The summed E-state index contributed by atoms with van der Waals surface area (Å²) in [5.41, 5.74) is 0. The normalized spacial score (nSPS) is 19.1. The van der Waals surface area contributed by atoms with Crippen LogP contribution in [0.3, 0.4) is 0 Å². The molecule has 0 aliphatic carbocycles. The third kappa shape index (κ3) is 2.34. The minimum atomic E-state index is -0.924. The van der Waals surface area contributed by atoms with Crippen LogP contribution in [0.2, 0.25) is 0 Å². The van der Waals surface area contributed by atoms with Gasteiger partial charge in [0.1, 0.15) is 6.04 Å². The topological polar surface area (TPSA) is 107 Å². The van der Waals surface area contributed by atoms with Gasteiger partial charge in [0, 0.05) is 11.6 Å². The van der Waals surface area contributed by atoms with Crippen LogP contribution in [0.25, 0.3) is 0 Å². The molecule has 2 N–H and O–H groups in total. The van der Waals surface area contributed by atoms with Crippen LogP contribution in [0.4, 0.5) is 5.13 Å². The molecule has 1 aromatic rings. The predicted octanol–water partition coefficient (Wildman–Crippen LogP) is -1.31. The standard InChI is InChI=1S/C8H8N4O3S/c13-5(11-8-9-1-2-16-8)3-4-6(14)12-7(15)10-4/h1-2,4H,3H2,(H,9,11,13)(H2,10,12,14,15)/p-1. The number of nitrogens with one attached hydrogen (secondary N) is 2. The van der Waals surface area contributed by atoms with Gasteiger partial charge in [0.2, 0.25) is 11.8 Å². The van der Waals surface area contributed by atoms with E-state index >= 15 is 0 Å². The Labute approximate surface area is 94.2 Å². The lowest BCUT2D eigenvalue weighted by Crippen LogP contribution is -2.36. The van der Waals surface area contributed by atoms with Gasteiger partial charge in [-0.3, -0.25) is 14.6 Å². The highest BCUT2D eigenvalue weighted by Crippen LogP contribution is 2.12. The fraction of sp³-hybridized carbons (Fsp3) is 0.250. The molecule has 1 aliphatic rings. The van der Waals surface area contributed by atoms with Crippen LogP contribution in [0.1, 0.15) is 6.42 Å². The van der Waals surface area contributed by atoms with Crippen molar-refractivity contribution in [3.63, 3.8) is 0 Å². The van der Waals surface area contributed by atoms with Crippen LogP contribution >= 0.6 is 11.3 Å². The average molecular weight is 239 g/mol. The number of carbonyl (C=O) groups is 2. The van der Waals surface area contributed by atoms with Gasteiger partial charge >= 0.3 is 0 Å². The molecule has 2 amide bonds. The van der Waals surface area contributed by atoms with Crippen molar-refractivity contribution in [3.05, 3.63) is 11.6 Å². The van der Waals surface area contributed by atoms with Gasteiger partial charge < -0.3 is 15.7 Å².